The second-order valence-corrected chi connectivity index (χ2v) is 5.59. The Morgan fingerprint density at radius 1 is 1.08 bits per heavy atom. The van der Waals surface area contributed by atoms with Crippen molar-refractivity contribution < 1.29 is 14.4 Å². The third-order valence-corrected chi connectivity index (χ3v) is 3.97. The molecule has 0 radical (unpaired) electrons. The van der Waals surface area contributed by atoms with Crippen molar-refractivity contribution >= 4 is 30.1 Å². The predicted octanol–water partition coefficient (Wildman–Crippen LogP) is 0.977. The molecule has 0 aromatic heterocycles. The van der Waals surface area contributed by atoms with E-state index >= 15 is 0 Å². The van der Waals surface area contributed by atoms with Gasteiger partial charge in [0.1, 0.15) is 0 Å². The zero-order valence-corrected chi connectivity index (χ0v) is 14.5. The van der Waals surface area contributed by atoms with Gasteiger partial charge in [0.15, 0.2) is 0 Å². The smallest absolute Gasteiger partial charge is 0.229 e. The predicted molar refractivity (Wildman–Crippen MR) is 93.6 cm³/mol. The van der Waals surface area contributed by atoms with Crippen molar-refractivity contribution in [3.05, 3.63) is 35.9 Å². The van der Waals surface area contributed by atoms with Crippen LogP contribution in [0.3, 0.4) is 0 Å². The van der Waals surface area contributed by atoms with Crippen LogP contribution in [0.1, 0.15) is 24.8 Å². The molecular formula is C17H24ClN3O3. The molecule has 0 atom stereocenters. The Morgan fingerprint density at radius 2 is 1.71 bits per heavy atom. The molecule has 3 amide bonds. The molecule has 24 heavy (non-hydrogen) atoms. The van der Waals surface area contributed by atoms with Crippen LogP contribution < -0.4 is 5.73 Å². The summed E-state index contributed by atoms with van der Waals surface area (Å²) in [5, 5.41) is 0. The molecule has 1 aliphatic rings. The maximum absolute atomic E-state index is 12.3. The van der Waals surface area contributed by atoms with Crippen LogP contribution in [0.4, 0.5) is 0 Å². The number of benzene rings is 1. The van der Waals surface area contributed by atoms with Crippen LogP contribution in [0.15, 0.2) is 30.3 Å². The van der Waals surface area contributed by atoms with Crippen molar-refractivity contribution in [2.45, 2.75) is 25.7 Å². The first-order valence-electron chi connectivity index (χ1n) is 7.97. The van der Waals surface area contributed by atoms with Crippen LogP contribution in [0.2, 0.25) is 0 Å². The first-order chi connectivity index (χ1) is 11.1. The normalized spacial score (nSPS) is 13.8. The molecule has 0 unspecified atom stereocenters. The van der Waals surface area contributed by atoms with Crippen molar-refractivity contribution in [1.29, 1.82) is 0 Å². The van der Waals surface area contributed by atoms with E-state index in [1.165, 1.54) is 4.90 Å². The summed E-state index contributed by atoms with van der Waals surface area (Å²) < 4.78 is 0. The van der Waals surface area contributed by atoms with Crippen LogP contribution >= 0.6 is 12.4 Å². The molecule has 2 N–H and O–H groups in total. The average Bonchev–Trinajstić information content (AvgIpc) is 2.88. The summed E-state index contributed by atoms with van der Waals surface area (Å²) in [6, 6.07) is 9.93. The maximum Gasteiger partial charge on any atom is 0.229 e. The number of rotatable bonds is 8. The van der Waals surface area contributed by atoms with Gasteiger partial charge in [-0.15, -0.1) is 12.4 Å². The highest BCUT2D eigenvalue weighted by Crippen LogP contribution is 2.12. The molecule has 0 spiro atoms. The van der Waals surface area contributed by atoms with Gasteiger partial charge in [-0.05, 0) is 12.0 Å². The second-order valence-electron chi connectivity index (χ2n) is 5.59. The van der Waals surface area contributed by atoms with E-state index in [4.69, 9.17) is 5.73 Å². The van der Waals surface area contributed by atoms with E-state index < -0.39 is 0 Å². The minimum atomic E-state index is -0.183. The number of hydrogen-bond acceptors (Lipinski definition) is 4. The topological polar surface area (TPSA) is 83.7 Å². The van der Waals surface area contributed by atoms with Crippen LogP contribution in [-0.4, -0.2) is 53.7 Å². The quantitative estimate of drug-likeness (QED) is 0.706. The molecule has 1 heterocycles. The number of carbonyl (C=O) groups excluding carboxylic acids is 3. The number of likely N-dealkylation sites (tertiary alicyclic amines) is 1. The van der Waals surface area contributed by atoms with Crippen molar-refractivity contribution in [3.8, 4) is 0 Å². The molecule has 132 valence electrons. The molecule has 1 aliphatic heterocycles. The highest BCUT2D eigenvalue weighted by molar-refractivity contribution is 6.02. The lowest BCUT2D eigenvalue weighted by Crippen LogP contribution is -2.39. The van der Waals surface area contributed by atoms with Gasteiger partial charge in [-0.3, -0.25) is 19.3 Å². The van der Waals surface area contributed by atoms with Gasteiger partial charge in [0.05, 0.1) is 0 Å². The maximum atomic E-state index is 12.3. The fraction of sp³-hybridized carbons (Fsp3) is 0.471. The summed E-state index contributed by atoms with van der Waals surface area (Å²) in [7, 11) is 0. The van der Waals surface area contributed by atoms with Crippen LogP contribution in [0, 0.1) is 0 Å². The van der Waals surface area contributed by atoms with E-state index in [-0.39, 0.29) is 55.9 Å². The van der Waals surface area contributed by atoms with Gasteiger partial charge in [-0.2, -0.15) is 0 Å². The van der Waals surface area contributed by atoms with E-state index in [0.717, 1.165) is 12.0 Å². The average molecular weight is 354 g/mol. The van der Waals surface area contributed by atoms with E-state index in [1.54, 1.807) is 4.90 Å². The number of hydrogen-bond donors (Lipinski definition) is 1. The number of nitrogens with two attached hydrogens (primary N) is 1. The zero-order chi connectivity index (χ0) is 16.7. The number of carbonyl (C=O) groups is 3. The zero-order valence-electron chi connectivity index (χ0n) is 13.6. The van der Waals surface area contributed by atoms with Gasteiger partial charge >= 0.3 is 0 Å². The van der Waals surface area contributed by atoms with Crippen LogP contribution in [0.5, 0.6) is 0 Å². The summed E-state index contributed by atoms with van der Waals surface area (Å²) in [4.78, 5) is 38.4. The summed E-state index contributed by atoms with van der Waals surface area (Å²) in [6.07, 6.45) is 1.43. The van der Waals surface area contributed by atoms with Crippen molar-refractivity contribution in [1.82, 2.24) is 9.80 Å². The standard InChI is InChI=1S/C17H23N3O3.ClH/c18-10-13-19(11-8-14-4-2-1-3-5-14)15(21)9-12-20-16(22)6-7-17(20)23;/h1-5H,6-13,18H2;1H. The van der Waals surface area contributed by atoms with Gasteiger partial charge in [0.25, 0.3) is 0 Å². The lowest BCUT2D eigenvalue weighted by atomic mass is 10.1. The Balaban J connectivity index is 0.00000288. The van der Waals surface area contributed by atoms with Gasteiger partial charge in [-0.25, -0.2) is 0 Å². The molecule has 1 fully saturated rings. The Hall–Kier alpha value is -1.92. The van der Waals surface area contributed by atoms with Crippen molar-refractivity contribution in [3.63, 3.8) is 0 Å². The Labute approximate surface area is 148 Å². The third-order valence-electron chi connectivity index (χ3n) is 3.97. The van der Waals surface area contributed by atoms with E-state index in [2.05, 4.69) is 0 Å². The number of amides is 3. The first-order valence-corrected chi connectivity index (χ1v) is 7.97. The van der Waals surface area contributed by atoms with Crippen molar-refractivity contribution in [2.24, 2.45) is 5.73 Å². The SMILES string of the molecule is Cl.NCCN(CCc1ccccc1)C(=O)CCN1C(=O)CCC1=O. The lowest BCUT2D eigenvalue weighted by molar-refractivity contribution is -0.139. The van der Waals surface area contributed by atoms with Crippen LogP contribution in [0.25, 0.3) is 0 Å². The fourth-order valence-corrected chi connectivity index (χ4v) is 2.66. The summed E-state index contributed by atoms with van der Waals surface area (Å²) in [5.74, 6) is -0.436. The van der Waals surface area contributed by atoms with Gasteiger partial charge in [-0.1, -0.05) is 30.3 Å². The number of halogens is 1. The Bertz CT molecular complexity index is 549. The summed E-state index contributed by atoms with van der Waals surface area (Å²) in [5.41, 5.74) is 6.75. The molecule has 1 aromatic carbocycles. The fourth-order valence-electron chi connectivity index (χ4n) is 2.66. The largest absolute Gasteiger partial charge is 0.341 e. The first kappa shape index (κ1) is 20.1. The minimum absolute atomic E-state index is 0. The van der Waals surface area contributed by atoms with E-state index in [1.807, 2.05) is 30.3 Å². The molecule has 7 heteroatoms. The highest BCUT2D eigenvalue weighted by Gasteiger charge is 2.29. The number of nitrogens with zero attached hydrogens (tertiary/aromatic N) is 2. The van der Waals surface area contributed by atoms with Crippen LogP contribution in [-0.2, 0) is 20.8 Å². The van der Waals surface area contributed by atoms with E-state index in [0.29, 0.717) is 19.6 Å². The van der Waals surface area contributed by atoms with Gasteiger partial charge in [0.2, 0.25) is 17.7 Å². The molecule has 1 saturated heterocycles. The molecule has 1 aromatic rings. The lowest BCUT2D eigenvalue weighted by Gasteiger charge is -2.23. The molecule has 0 saturated carbocycles. The van der Waals surface area contributed by atoms with Crippen molar-refractivity contribution in [2.75, 3.05) is 26.2 Å². The number of imide groups is 1. The Kier molecular flexibility index (Phi) is 8.43. The molecule has 6 nitrogen and oxygen atoms in total. The minimum Gasteiger partial charge on any atom is -0.341 e. The monoisotopic (exact) mass is 353 g/mol. The molecule has 0 bridgehead atoms. The Morgan fingerprint density at radius 3 is 2.29 bits per heavy atom. The van der Waals surface area contributed by atoms with Gasteiger partial charge < -0.3 is 10.6 Å². The van der Waals surface area contributed by atoms with E-state index in [9.17, 15) is 14.4 Å². The summed E-state index contributed by atoms with van der Waals surface area (Å²) in [6.45, 7) is 1.63. The summed E-state index contributed by atoms with van der Waals surface area (Å²) >= 11 is 0. The third kappa shape index (κ3) is 5.62. The highest BCUT2D eigenvalue weighted by atomic mass is 35.5. The molecule has 2 rings (SSSR count). The van der Waals surface area contributed by atoms with Gasteiger partial charge in [0, 0.05) is 45.4 Å². The second kappa shape index (κ2) is 10.1. The molecular weight excluding hydrogens is 330 g/mol. The molecule has 0 aliphatic carbocycles.